The number of nitrogens with zero attached hydrogens (tertiary/aromatic N) is 2. The fourth-order valence-corrected chi connectivity index (χ4v) is 2.48. The summed E-state index contributed by atoms with van der Waals surface area (Å²) in [5, 5.41) is 3.02. The molecule has 0 aliphatic heterocycles. The fraction of sp³-hybridized carbons (Fsp3) is 0.267. The molecule has 0 saturated heterocycles. The molecule has 1 N–H and O–H groups in total. The molecule has 1 fully saturated rings. The molecule has 102 valence electrons. The molecule has 3 rings (SSSR count). The smallest absolute Gasteiger partial charge is 0.272 e. The van der Waals surface area contributed by atoms with Gasteiger partial charge < -0.3 is 5.32 Å². The third-order valence-electron chi connectivity index (χ3n) is 3.75. The molecule has 1 aliphatic carbocycles. The Morgan fingerprint density at radius 2 is 1.95 bits per heavy atom. The van der Waals surface area contributed by atoms with E-state index < -0.39 is 5.54 Å². The van der Waals surface area contributed by atoms with Crippen LogP contribution < -0.4 is 5.32 Å². The standard InChI is InChI=1S/C15H14FN3O/c16-12-4-2-11(3-5-12)15(6-1-7-15)19-14(20)13-10-17-8-9-18-13/h2-5,8-10H,1,6-7H2,(H,19,20). The molecular formula is C15H14FN3O. The second-order valence-electron chi connectivity index (χ2n) is 4.99. The first-order chi connectivity index (χ1) is 9.70. The molecule has 1 heterocycles. The molecule has 1 saturated carbocycles. The van der Waals surface area contributed by atoms with E-state index in [0.29, 0.717) is 5.69 Å². The van der Waals surface area contributed by atoms with Gasteiger partial charge in [0.25, 0.3) is 5.91 Å². The second-order valence-corrected chi connectivity index (χ2v) is 4.99. The molecule has 0 spiro atoms. The summed E-state index contributed by atoms with van der Waals surface area (Å²) >= 11 is 0. The van der Waals surface area contributed by atoms with Crippen LogP contribution in [0.4, 0.5) is 4.39 Å². The Bertz CT molecular complexity index is 609. The summed E-state index contributed by atoms with van der Waals surface area (Å²) in [6.45, 7) is 0. The van der Waals surface area contributed by atoms with Crippen LogP contribution >= 0.6 is 0 Å². The number of halogens is 1. The lowest BCUT2D eigenvalue weighted by Crippen LogP contribution is -2.51. The highest BCUT2D eigenvalue weighted by Crippen LogP contribution is 2.41. The lowest BCUT2D eigenvalue weighted by atomic mass is 9.71. The topological polar surface area (TPSA) is 54.9 Å². The van der Waals surface area contributed by atoms with Crippen LogP contribution in [-0.2, 0) is 5.54 Å². The van der Waals surface area contributed by atoms with E-state index >= 15 is 0 Å². The van der Waals surface area contributed by atoms with Gasteiger partial charge in [-0.2, -0.15) is 0 Å². The maximum atomic E-state index is 13.0. The van der Waals surface area contributed by atoms with Gasteiger partial charge in [-0.3, -0.25) is 9.78 Å². The molecule has 4 nitrogen and oxygen atoms in total. The van der Waals surface area contributed by atoms with Crippen LogP contribution in [0.25, 0.3) is 0 Å². The van der Waals surface area contributed by atoms with Gasteiger partial charge >= 0.3 is 0 Å². The van der Waals surface area contributed by atoms with Crippen molar-refractivity contribution < 1.29 is 9.18 Å². The molecule has 1 aromatic carbocycles. The van der Waals surface area contributed by atoms with Gasteiger partial charge in [0.1, 0.15) is 11.5 Å². The average molecular weight is 271 g/mol. The Labute approximate surface area is 116 Å². The van der Waals surface area contributed by atoms with Crippen LogP contribution in [0.15, 0.2) is 42.9 Å². The zero-order valence-corrected chi connectivity index (χ0v) is 10.8. The molecule has 1 aliphatic rings. The largest absolute Gasteiger partial charge is 0.341 e. The molecule has 5 heteroatoms. The van der Waals surface area contributed by atoms with E-state index in [4.69, 9.17) is 0 Å². The number of hydrogen-bond acceptors (Lipinski definition) is 3. The maximum Gasteiger partial charge on any atom is 0.272 e. The van der Waals surface area contributed by atoms with Crippen molar-refractivity contribution in [2.45, 2.75) is 24.8 Å². The van der Waals surface area contributed by atoms with Crippen molar-refractivity contribution >= 4 is 5.91 Å². The highest BCUT2D eigenvalue weighted by atomic mass is 19.1. The number of hydrogen-bond donors (Lipinski definition) is 1. The van der Waals surface area contributed by atoms with Crippen molar-refractivity contribution in [1.82, 2.24) is 15.3 Å². The quantitative estimate of drug-likeness (QED) is 0.932. The SMILES string of the molecule is O=C(NC1(c2ccc(F)cc2)CCC1)c1cnccn1. The molecule has 0 bridgehead atoms. The maximum absolute atomic E-state index is 13.0. The molecule has 0 unspecified atom stereocenters. The number of nitrogens with one attached hydrogen (secondary N) is 1. The number of aromatic nitrogens is 2. The summed E-state index contributed by atoms with van der Waals surface area (Å²) in [7, 11) is 0. The summed E-state index contributed by atoms with van der Waals surface area (Å²) < 4.78 is 13.0. The molecule has 1 aromatic heterocycles. The zero-order chi connectivity index (χ0) is 14.0. The summed E-state index contributed by atoms with van der Waals surface area (Å²) in [5.74, 6) is -0.523. The van der Waals surface area contributed by atoms with Crippen LogP contribution in [0.3, 0.4) is 0 Å². The molecule has 2 aromatic rings. The fourth-order valence-electron chi connectivity index (χ4n) is 2.48. The number of carbonyl (C=O) groups excluding carboxylic acids is 1. The summed E-state index contributed by atoms with van der Waals surface area (Å²) in [5.41, 5.74) is 0.825. The summed E-state index contributed by atoms with van der Waals surface area (Å²) in [4.78, 5) is 20.1. The number of rotatable bonds is 3. The van der Waals surface area contributed by atoms with Gasteiger partial charge in [0.15, 0.2) is 0 Å². The van der Waals surface area contributed by atoms with E-state index in [1.165, 1.54) is 30.7 Å². The zero-order valence-electron chi connectivity index (χ0n) is 10.8. The van der Waals surface area contributed by atoms with Gasteiger partial charge in [0.05, 0.1) is 11.7 Å². The Morgan fingerprint density at radius 1 is 1.20 bits per heavy atom. The average Bonchev–Trinajstić information content (AvgIpc) is 2.45. The highest BCUT2D eigenvalue weighted by Gasteiger charge is 2.40. The monoisotopic (exact) mass is 271 g/mol. The molecule has 20 heavy (non-hydrogen) atoms. The lowest BCUT2D eigenvalue weighted by Gasteiger charge is -2.43. The van der Waals surface area contributed by atoms with Gasteiger partial charge in [0.2, 0.25) is 0 Å². The molecular weight excluding hydrogens is 257 g/mol. The minimum absolute atomic E-state index is 0.248. The molecule has 0 atom stereocenters. The second kappa shape index (κ2) is 5.00. The van der Waals surface area contributed by atoms with Gasteiger partial charge in [0, 0.05) is 12.4 Å². The van der Waals surface area contributed by atoms with E-state index in [-0.39, 0.29) is 11.7 Å². The predicted octanol–water partition coefficient (Wildman–Crippen LogP) is 2.42. The molecule has 1 amide bonds. The van der Waals surface area contributed by atoms with E-state index in [1.807, 2.05) is 0 Å². The molecule has 0 radical (unpaired) electrons. The predicted molar refractivity (Wildman–Crippen MR) is 71.4 cm³/mol. The summed E-state index contributed by atoms with van der Waals surface area (Å²) in [6.07, 6.45) is 7.19. The van der Waals surface area contributed by atoms with E-state index in [2.05, 4.69) is 15.3 Å². The van der Waals surface area contributed by atoms with Crippen molar-refractivity contribution in [3.63, 3.8) is 0 Å². The van der Waals surface area contributed by atoms with Crippen molar-refractivity contribution in [3.8, 4) is 0 Å². The third-order valence-corrected chi connectivity index (χ3v) is 3.75. The number of carbonyl (C=O) groups is 1. The van der Waals surface area contributed by atoms with Gasteiger partial charge in [-0.25, -0.2) is 9.37 Å². The van der Waals surface area contributed by atoms with Crippen molar-refractivity contribution in [2.75, 3.05) is 0 Å². The van der Waals surface area contributed by atoms with Gasteiger partial charge in [-0.05, 0) is 37.0 Å². The number of benzene rings is 1. The first-order valence-corrected chi connectivity index (χ1v) is 6.54. The Balaban J connectivity index is 1.83. The lowest BCUT2D eigenvalue weighted by molar-refractivity contribution is 0.0817. The van der Waals surface area contributed by atoms with E-state index in [1.54, 1.807) is 12.1 Å². The van der Waals surface area contributed by atoms with Crippen LogP contribution in [0.5, 0.6) is 0 Å². The highest BCUT2D eigenvalue weighted by molar-refractivity contribution is 5.92. The van der Waals surface area contributed by atoms with Crippen molar-refractivity contribution in [3.05, 3.63) is 59.9 Å². The Kier molecular flexibility index (Phi) is 3.18. The first-order valence-electron chi connectivity index (χ1n) is 6.54. The van der Waals surface area contributed by atoms with Crippen LogP contribution in [0.1, 0.15) is 35.3 Å². The first kappa shape index (κ1) is 12.7. The Morgan fingerprint density at radius 3 is 2.50 bits per heavy atom. The minimum Gasteiger partial charge on any atom is -0.341 e. The van der Waals surface area contributed by atoms with E-state index in [9.17, 15) is 9.18 Å². The minimum atomic E-state index is -0.400. The Hall–Kier alpha value is -2.30. The van der Waals surface area contributed by atoms with Crippen molar-refractivity contribution in [1.29, 1.82) is 0 Å². The number of amides is 1. The van der Waals surface area contributed by atoms with Gasteiger partial charge in [-0.15, -0.1) is 0 Å². The van der Waals surface area contributed by atoms with Crippen LogP contribution in [-0.4, -0.2) is 15.9 Å². The van der Waals surface area contributed by atoms with Crippen LogP contribution in [0.2, 0.25) is 0 Å². The summed E-state index contributed by atoms with van der Waals surface area (Å²) in [6, 6.07) is 6.30. The van der Waals surface area contributed by atoms with Crippen molar-refractivity contribution in [2.24, 2.45) is 0 Å². The van der Waals surface area contributed by atoms with E-state index in [0.717, 1.165) is 24.8 Å². The van der Waals surface area contributed by atoms with Crippen LogP contribution in [0, 0.1) is 5.82 Å². The third kappa shape index (κ3) is 2.27. The van der Waals surface area contributed by atoms with Gasteiger partial charge in [-0.1, -0.05) is 12.1 Å². The normalized spacial score (nSPS) is 16.2.